The lowest BCUT2D eigenvalue weighted by Gasteiger charge is -2.03. The number of benzene rings is 1. The standard InChI is InChI=1S/C11H8N2O4/c14-10(15)6-7-3-4-9(13(16)17)11-8(7)2-1-5-12-11/h1-5H,6H2,(H,14,15). The Labute approximate surface area is 95.7 Å². The molecule has 0 radical (unpaired) electrons. The number of hydrogen-bond acceptors (Lipinski definition) is 4. The van der Waals surface area contributed by atoms with Crippen LogP contribution in [0.4, 0.5) is 5.69 Å². The lowest BCUT2D eigenvalue weighted by atomic mass is 10.0. The van der Waals surface area contributed by atoms with Crippen LogP contribution in [0.1, 0.15) is 5.56 Å². The number of pyridine rings is 1. The van der Waals surface area contributed by atoms with Crippen LogP contribution in [0.15, 0.2) is 30.5 Å². The van der Waals surface area contributed by atoms with Crippen LogP contribution in [-0.2, 0) is 11.2 Å². The summed E-state index contributed by atoms with van der Waals surface area (Å²) in [4.78, 5) is 24.9. The molecule has 0 saturated carbocycles. The molecule has 0 aliphatic heterocycles. The molecule has 0 unspecified atom stereocenters. The predicted molar refractivity (Wildman–Crippen MR) is 59.7 cm³/mol. The third kappa shape index (κ3) is 2.05. The number of carboxylic acid groups (broad SMARTS) is 1. The van der Waals surface area contributed by atoms with Gasteiger partial charge < -0.3 is 5.11 Å². The van der Waals surface area contributed by atoms with Crippen molar-refractivity contribution in [3.05, 3.63) is 46.1 Å². The molecular formula is C11H8N2O4. The fourth-order valence-corrected chi connectivity index (χ4v) is 1.68. The molecule has 0 bridgehead atoms. The Hall–Kier alpha value is -2.50. The van der Waals surface area contributed by atoms with Gasteiger partial charge >= 0.3 is 5.97 Å². The molecule has 1 aromatic heterocycles. The van der Waals surface area contributed by atoms with Gasteiger partial charge in [-0.25, -0.2) is 4.98 Å². The van der Waals surface area contributed by atoms with Gasteiger partial charge in [0.2, 0.25) is 0 Å². The number of carbonyl (C=O) groups is 1. The van der Waals surface area contributed by atoms with Gasteiger partial charge in [-0.15, -0.1) is 0 Å². The molecule has 0 saturated heterocycles. The van der Waals surface area contributed by atoms with Crippen LogP contribution < -0.4 is 0 Å². The fourth-order valence-electron chi connectivity index (χ4n) is 1.68. The molecule has 86 valence electrons. The van der Waals surface area contributed by atoms with Gasteiger partial charge in [-0.3, -0.25) is 14.9 Å². The summed E-state index contributed by atoms with van der Waals surface area (Å²) >= 11 is 0. The van der Waals surface area contributed by atoms with Crippen molar-refractivity contribution in [1.29, 1.82) is 0 Å². The van der Waals surface area contributed by atoms with Crippen molar-refractivity contribution in [3.63, 3.8) is 0 Å². The maximum Gasteiger partial charge on any atom is 0.307 e. The first-order chi connectivity index (χ1) is 8.09. The maximum absolute atomic E-state index is 10.8. The fraction of sp³-hybridized carbons (Fsp3) is 0.0909. The van der Waals surface area contributed by atoms with Crippen molar-refractivity contribution in [1.82, 2.24) is 4.98 Å². The average molecular weight is 232 g/mol. The molecule has 0 aliphatic rings. The minimum atomic E-state index is -0.982. The molecule has 0 atom stereocenters. The number of aromatic nitrogens is 1. The normalized spacial score (nSPS) is 10.4. The lowest BCUT2D eigenvalue weighted by Crippen LogP contribution is -2.02. The molecule has 1 aromatic carbocycles. The smallest absolute Gasteiger partial charge is 0.307 e. The van der Waals surface area contributed by atoms with E-state index in [2.05, 4.69) is 4.98 Å². The number of fused-ring (bicyclic) bond motifs is 1. The summed E-state index contributed by atoms with van der Waals surface area (Å²) in [6.07, 6.45) is 1.26. The molecule has 2 aromatic rings. The Morgan fingerprint density at radius 2 is 2.18 bits per heavy atom. The van der Waals surface area contributed by atoms with E-state index in [9.17, 15) is 14.9 Å². The SMILES string of the molecule is O=C(O)Cc1ccc([N+](=O)[O-])c2ncccc12. The van der Waals surface area contributed by atoms with Crippen LogP contribution in [0.2, 0.25) is 0 Å². The van der Waals surface area contributed by atoms with E-state index in [-0.39, 0.29) is 17.6 Å². The first kappa shape index (κ1) is 11.0. The van der Waals surface area contributed by atoms with Crippen LogP contribution >= 0.6 is 0 Å². The molecule has 0 aliphatic carbocycles. The van der Waals surface area contributed by atoms with Gasteiger partial charge in [-0.1, -0.05) is 12.1 Å². The van der Waals surface area contributed by atoms with Gasteiger partial charge in [0.05, 0.1) is 11.3 Å². The highest BCUT2D eigenvalue weighted by molar-refractivity contribution is 5.91. The minimum Gasteiger partial charge on any atom is -0.481 e. The van der Waals surface area contributed by atoms with Crippen molar-refractivity contribution < 1.29 is 14.8 Å². The van der Waals surface area contributed by atoms with E-state index in [1.807, 2.05) is 0 Å². The largest absolute Gasteiger partial charge is 0.481 e. The van der Waals surface area contributed by atoms with Crippen molar-refractivity contribution in [3.8, 4) is 0 Å². The number of non-ortho nitro benzene ring substituents is 1. The highest BCUT2D eigenvalue weighted by Crippen LogP contribution is 2.26. The second-order valence-corrected chi connectivity index (χ2v) is 3.47. The Kier molecular flexibility index (Phi) is 2.70. The van der Waals surface area contributed by atoms with Crippen molar-refractivity contribution in [2.75, 3.05) is 0 Å². The first-order valence-electron chi connectivity index (χ1n) is 4.82. The third-order valence-electron chi connectivity index (χ3n) is 2.38. The molecule has 6 nitrogen and oxygen atoms in total. The second kappa shape index (κ2) is 4.17. The Morgan fingerprint density at radius 1 is 1.41 bits per heavy atom. The van der Waals surface area contributed by atoms with E-state index >= 15 is 0 Å². The highest BCUT2D eigenvalue weighted by Gasteiger charge is 2.16. The number of nitro benzene ring substituents is 1. The molecule has 0 amide bonds. The first-order valence-corrected chi connectivity index (χ1v) is 4.82. The summed E-state index contributed by atoms with van der Waals surface area (Å²) in [6, 6.07) is 5.99. The van der Waals surface area contributed by atoms with Crippen LogP contribution in [0, 0.1) is 10.1 Å². The third-order valence-corrected chi connectivity index (χ3v) is 2.38. The van der Waals surface area contributed by atoms with Crippen LogP contribution in [-0.4, -0.2) is 21.0 Å². The summed E-state index contributed by atoms with van der Waals surface area (Å²) in [5.41, 5.74) is 0.622. The van der Waals surface area contributed by atoms with Gasteiger partial charge in [0.25, 0.3) is 5.69 Å². The van der Waals surface area contributed by atoms with Crippen LogP contribution in [0.5, 0.6) is 0 Å². The summed E-state index contributed by atoms with van der Waals surface area (Å²) < 4.78 is 0. The summed E-state index contributed by atoms with van der Waals surface area (Å²) in [5, 5.41) is 20.1. The zero-order valence-electron chi connectivity index (χ0n) is 8.66. The van der Waals surface area contributed by atoms with E-state index < -0.39 is 10.9 Å². The molecular weight excluding hydrogens is 224 g/mol. The number of aliphatic carboxylic acids is 1. The van der Waals surface area contributed by atoms with Gasteiger partial charge in [0.15, 0.2) is 0 Å². The van der Waals surface area contributed by atoms with Crippen LogP contribution in [0.3, 0.4) is 0 Å². The summed E-state index contributed by atoms with van der Waals surface area (Å²) in [6.45, 7) is 0. The monoisotopic (exact) mass is 232 g/mol. The van der Waals surface area contributed by atoms with E-state index in [0.29, 0.717) is 10.9 Å². The van der Waals surface area contributed by atoms with E-state index in [0.717, 1.165) is 0 Å². The molecule has 1 heterocycles. The summed E-state index contributed by atoms with van der Waals surface area (Å²) in [7, 11) is 0. The number of carboxylic acids is 1. The van der Waals surface area contributed by atoms with Crippen LogP contribution in [0.25, 0.3) is 10.9 Å². The molecule has 0 fully saturated rings. The van der Waals surface area contributed by atoms with Gasteiger partial charge in [0, 0.05) is 17.6 Å². The average Bonchev–Trinajstić information content (AvgIpc) is 2.28. The molecule has 6 heteroatoms. The number of hydrogen-bond donors (Lipinski definition) is 1. The van der Waals surface area contributed by atoms with Crippen molar-refractivity contribution >= 4 is 22.6 Å². The second-order valence-electron chi connectivity index (χ2n) is 3.47. The number of rotatable bonds is 3. The van der Waals surface area contributed by atoms with E-state index in [1.165, 1.54) is 18.3 Å². The predicted octanol–water partition coefficient (Wildman–Crippen LogP) is 1.77. The zero-order chi connectivity index (χ0) is 12.4. The van der Waals surface area contributed by atoms with Gasteiger partial charge in [0.1, 0.15) is 5.52 Å². The Balaban J connectivity index is 2.70. The topological polar surface area (TPSA) is 93.3 Å². The minimum absolute atomic E-state index is 0.116. The molecule has 1 N–H and O–H groups in total. The van der Waals surface area contributed by atoms with Crippen molar-refractivity contribution in [2.45, 2.75) is 6.42 Å². The van der Waals surface area contributed by atoms with Gasteiger partial charge in [-0.05, 0) is 11.6 Å². The lowest BCUT2D eigenvalue weighted by molar-refractivity contribution is -0.383. The quantitative estimate of drug-likeness (QED) is 0.642. The molecule has 0 spiro atoms. The number of nitro groups is 1. The summed E-state index contributed by atoms with van der Waals surface area (Å²) in [5.74, 6) is -0.982. The Morgan fingerprint density at radius 3 is 2.82 bits per heavy atom. The highest BCUT2D eigenvalue weighted by atomic mass is 16.6. The maximum atomic E-state index is 10.8. The molecule has 2 rings (SSSR count). The Bertz CT molecular complexity index is 609. The van der Waals surface area contributed by atoms with Gasteiger partial charge in [-0.2, -0.15) is 0 Å². The zero-order valence-corrected chi connectivity index (χ0v) is 8.66. The van der Waals surface area contributed by atoms with E-state index in [4.69, 9.17) is 5.11 Å². The van der Waals surface area contributed by atoms with E-state index in [1.54, 1.807) is 12.1 Å². The van der Waals surface area contributed by atoms with Crippen molar-refractivity contribution in [2.24, 2.45) is 0 Å². The molecule has 17 heavy (non-hydrogen) atoms. The number of nitrogens with zero attached hydrogens (tertiary/aromatic N) is 2.